The van der Waals surface area contributed by atoms with Gasteiger partial charge in [0.15, 0.2) is 0 Å². The molecule has 1 N–H and O–H groups in total. The Bertz CT molecular complexity index is 64.8. The average molecular weight is 114 g/mol. The third-order valence-corrected chi connectivity index (χ3v) is 0.987. The van der Waals surface area contributed by atoms with Crippen molar-refractivity contribution < 1.29 is 5.11 Å². The van der Waals surface area contributed by atoms with E-state index >= 15 is 0 Å². The molecule has 1 heteroatoms. The molecule has 1 nitrogen and oxygen atoms in total. The molecule has 0 heterocycles. The zero-order valence-corrected chi connectivity index (χ0v) is 5.59. The minimum absolute atomic E-state index is 0.147. The maximum atomic E-state index is 8.75. The van der Waals surface area contributed by atoms with Crippen molar-refractivity contribution in [2.75, 3.05) is 0 Å². The van der Waals surface area contributed by atoms with E-state index in [9.17, 15) is 0 Å². The van der Waals surface area contributed by atoms with Crippen LogP contribution in [-0.2, 0) is 0 Å². The Balaban J connectivity index is 2.93. The zero-order valence-electron chi connectivity index (χ0n) is 5.59. The van der Waals surface area contributed by atoms with E-state index in [0.29, 0.717) is 0 Å². The number of allylic oxidation sites excluding steroid dienone is 2. The van der Waals surface area contributed by atoms with Gasteiger partial charge in [0.05, 0.1) is 6.10 Å². The van der Waals surface area contributed by atoms with Crippen LogP contribution in [-0.4, -0.2) is 11.2 Å². The highest BCUT2D eigenvalue weighted by atomic mass is 16.3. The second kappa shape index (κ2) is 4.85. The lowest BCUT2D eigenvalue weighted by atomic mass is 10.2. The standard InChI is InChI=1S/C7H14O/c1-3-4-5-6-7(2)8/h3-4,7-8H,5-6H2,1-2H3. The van der Waals surface area contributed by atoms with Crippen LogP contribution in [0, 0.1) is 0 Å². The van der Waals surface area contributed by atoms with Crippen LogP contribution in [0.1, 0.15) is 26.7 Å². The Morgan fingerprint density at radius 3 is 2.62 bits per heavy atom. The van der Waals surface area contributed by atoms with Crippen molar-refractivity contribution in [3.05, 3.63) is 12.2 Å². The third kappa shape index (κ3) is 5.70. The SMILES string of the molecule is CC=CCCC(C)O. The van der Waals surface area contributed by atoms with Crippen molar-refractivity contribution in [3.8, 4) is 0 Å². The van der Waals surface area contributed by atoms with Gasteiger partial charge in [0.25, 0.3) is 0 Å². The Kier molecular flexibility index (Phi) is 4.67. The normalized spacial score (nSPS) is 14.9. The van der Waals surface area contributed by atoms with Gasteiger partial charge < -0.3 is 5.11 Å². The highest BCUT2D eigenvalue weighted by molar-refractivity contribution is 4.76. The van der Waals surface area contributed by atoms with Gasteiger partial charge in [-0.3, -0.25) is 0 Å². The summed E-state index contributed by atoms with van der Waals surface area (Å²) in [5.74, 6) is 0. The van der Waals surface area contributed by atoms with E-state index in [1.807, 2.05) is 19.9 Å². The molecule has 0 saturated carbocycles. The molecule has 0 aliphatic heterocycles. The molecule has 0 amide bonds. The maximum Gasteiger partial charge on any atom is 0.0515 e. The molecule has 0 bridgehead atoms. The van der Waals surface area contributed by atoms with Crippen molar-refractivity contribution in [1.82, 2.24) is 0 Å². The van der Waals surface area contributed by atoms with Gasteiger partial charge in [-0.05, 0) is 26.7 Å². The quantitative estimate of drug-likeness (QED) is 0.554. The Morgan fingerprint density at radius 2 is 2.25 bits per heavy atom. The Morgan fingerprint density at radius 1 is 1.62 bits per heavy atom. The van der Waals surface area contributed by atoms with Crippen LogP contribution in [0.15, 0.2) is 12.2 Å². The van der Waals surface area contributed by atoms with E-state index in [4.69, 9.17) is 5.11 Å². The Labute approximate surface area is 51.0 Å². The fourth-order valence-corrected chi connectivity index (χ4v) is 0.504. The number of rotatable bonds is 3. The van der Waals surface area contributed by atoms with Crippen LogP contribution in [0.3, 0.4) is 0 Å². The summed E-state index contributed by atoms with van der Waals surface area (Å²) in [5, 5.41) is 8.75. The summed E-state index contributed by atoms with van der Waals surface area (Å²) in [6, 6.07) is 0. The van der Waals surface area contributed by atoms with Gasteiger partial charge in [-0.15, -0.1) is 0 Å². The lowest BCUT2D eigenvalue weighted by molar-refractivity contribution is 0.186. The molecular formula is C7H14O. The van der Waals surface area contributed by atoms with Crippen LogP contribution < -0.4 is 0 Å². The van der Waals surface area contributed by atoms with Gasteiger partial charge in [-0.2, -0.15) is 0 Å². The summed E-state index contributed by atoms with van der Waals surface area (Å²) >= 11 is 0. The fourth-order valence-electron chi connectivity index (χ4n) is 0.504. The van der Waals surface area contributed by atoms with E-state index in [-0.39, 0.29) is 6.10 Å². The average Bonchev–Trinajstić information content (AvgIpc) is 1.66. The van der Waals surface area contributed by atoms with E-state index in [1.165, 1.54) is 0 Å². The molecule has 0 aromatic carbocycles. The first-order valence-corrected chi connectivity index (χ1v) is 3.06. The Hall–Kier alpha value is -0.300. The molecule has 0 rings (SSSR count). The molecule has 0 aromatic heterocycles. The number of hydrogen-bond acceptors (Lipinski definition) is 1. The van der Waals surface area contributed by atoms with Crippen molar-refractivity contribution in [2.24, 2.45) is 0 Å². The molecule has 1 unspecified atom stereocenters. The van der Waals surface area contributed by atoms with Crippen LogP contribution in [0.2, 0.25) is 0 Å². The molecule has 0 aromatic rings. The van der Waals surface area contributed by atoms with Gasteiger partial charge in [0.1, 0.15) is 0 Å². The smallest absolute Gasteiger partial charge is 0.0515 e. The van der Waals surface area contributed by atoms with E-state index < -0.39 is 0 Å². The van der Waals surface area contributed by atoms with E-state index in [0.717, 1.165) is 12.8 Å². The molecule has 0 aliphatic carbocycles. The fraction of sp³-hybridized carbons (Fsp3) is 0.714. The van der Waals surface area contributed by atoms with Gasteiger partial charge in [0, 0.05) is 0 Å². The molecule has 0 aliphatic rings. The first kappa shape index (κ1) is 7.70. The summed E-state index contributed by atoms with van der Waals surface area (Å²) in [6.07, 6.45) is 5.79. The highest BCUT2D eigenvalue weighted by Crippen LogP contribution is 1.95. The second-order valence-corrected chi connectivity index (χ2v) is 2.00. The zero-order chi connectivity index (χ0) is 6.41. The lowest BCUT2D eigenvalue weighted by Crippen LogP contribution is -1.96. The molecule has 48 valence electrons. The molecule has 0 radical (unpaired) electrons. The van der Waals surface area contributed by atoms with E-state index in [2.05, 4.69) is 6.08 Å². The predicted octanol–water partition coefficient (Wildman–Crippen LogP) is 1.72. The summed E-state index contributed by atoms with van der Waals surface area (Å²) in [4.78, 5) is 0. The number of aliphatic hydroxyl groups is 1. The molecule has 0 spiro atoms. The topological polar surface area (TPSA) is 20.2 Å². The molecule has 1 atom stereocenters. The molecular weight excluding hydrogens is 100 g/mol. The van der Waals surface area contributed by atoms with Crippen LogP contribution in [0.5, 0.6) is 0 Å². The molecule has 0 fully saturated rings. The maximum absolute atomic E-state index is 8.75. The summed E-state index contributed by atoms with van der Waals surface area (Å²) in [5.41, 5.74) is 0. The molecule has 0 saturated heterocycles. The number of hydrogen-bond donors (Lipinski definition) is 1. The third-order valence-electron chi connectivity index (χ3n) is 0.987. The van der Waals surface area contributed by atoms with Crippen molar-refractivity contribution >= 4 is 0 Å². The first-order chi connectivity index (χ1) is 3.77. The minimum Gasteiger partial charge on any atom is -0.393 e. The van der Waals surface area contributed by atoms with Crippen LogP contribution in [0.25, 0.3) is 0 Å². The van der Waals surface area contributed by atoms with E-state index in [1.54, 1.807) is 0 Å². The minimum atomic E-state index is -0.147. The number of aliphatic hydroxyl groups excluding tert-OH is 1. The summed E-state index contributed by atoms with van der Waals surface area (Å²) in [7, 11) is 0. The van der Waals surface area contributed by atoms with Crippen LogP contribution in [0.4, 0.5) is 0 Å². The van der Waals surface area contributed by atoms with Crippen molar-refractivity contribution in [2.45, 2.75) is 32.8 Å². The largest absolute Gasteiger partial charge is 0.393 e. The predicted molar refractivity (Wildman–Crippen MR) is 35.7 cm³/mol. The lowest BCUT2D eigenvalue weighted by Gasteiger charge is -1.97. The van der Waals surface area contributed by atoms with Crippen LogP contribution >= 0.6 is 0 Å². The van der Waals surface area contributed by atoms with Gasteiger partial charge >= 0.3 is 0 Å². The van der Waals surface area contributed by atoms with Gasteiger partial charge in [-0.25, -0.2) is 0 Å². The first-order valence-electron chi connectivity index (χ1n) is 3.06. The van der Waals surface area contributed by atoms with Crippen molar-refractivity contribution in [3.63, 3.8) is 0 Å². The second-order valence-electron chi connectivity index (χ2n) is 2.00. The summed E-state index contributed by atoms with van der Waals surface area (Å²) in [6.45, 7) is 3.80. The van der Waals surface area contributed by atoms with Gasteiger partial charge in [0.2, 0.25) is 0 Å². The highest BCUT2D eigenvalue weighted by Gasteiger charge is 1.89. The monoisotopic (exact) mass is 114 g/mol. The summed E-state index contributed by atoms with van der Waals surface area (Å²) < 4.78 is 0. The van der Waals surface area contributed by atoms with Gasteiger partial charge in [-0.1, -0.05) is 12.2 Å². The molecule has 8 heavy (non-hydrogen) atoms. The van der Waals surface area contributed by atoms with Crippen molar-refractivity contribution in [1.29, 1.82) is 0 Å².